The number of terminal acetylenes is 1. The monoisotopic (exact) mass is 601 g/mol. The number of nitrogens with zero attached hydrogens (tertiary/aromatic N) is 5. The molecule has 0 radical (unpaired) electrons. The van der Waals surface area contributed by atoms with E-state index in [1.807, 2.05) is 0 Å². The third kappa shape index (κ3) is 4.30. The van der Waals surface area contributed by atoms with Gasteiger partial charge < -0.3 is 19.5 Å². The Morgan fingerprint density at radius 3 is 2.80 bits per heavy atom. The van der Waals surface area contributed by atoms with Crippen LogP contribution < -0.4 is 14.4 Å². The van der Waals surface area contributed by atoms with Gasteiger partial charge in [-0.3, -0.25) is 4.90 Å². The van der Waals surface area contributed by atoms with Crippen LogP contribution in [0.5, 0.6) is 17.6 Å². The molecule has 11 heteroatoms. The van der Waals surface area contributed by atoms with Gasteiger partial charge in [0, 0.05) is 36.5 Å². The Bertz CT molecular complexity index is 1880. The summed E-state index contributed by atoms with van der Waals surface area (Å²) in [6, 6.07) is 5.66. The molecule has 1 aliphatic carbocycles. The predicted octanol–water partition coefficient (Wildman–Crippen LogP) is 5.52. The van der Waals surface area contributed by atoms with Gasteiger partial charge in [-0.15, -0.1) is 6.42 Å². The molecule has 2 saturated heterocycles. The standard InChI is InChI=1S/C33H30F3N5O3/c1-2-22-24(35)8-5-18-13-21(42)14-23(25(18)22)28-27(36)29-26-30(41(20-6-7-20)11-4-12-43-31(26)37-28)39-32(38-29)44-17-33-9-3-10-40(33)16-19(34)15-33/h1,5,8,13-14,19-20,42H,3-4,6-7,9-12,15-17H2/t19-,33+/m1/s1. The average molecular weight is 602 g/mol. The zero-order valence-corrected chi connectivity index (χ0v) is 24.0. The molecule has 1 N–H and O–H groups in total. The molecule has 0 spiro atoms. The van der Waals surface area contributed by atoms with Crippen LogP contribution >= 0.6 is 0 Å². The highest BCUT2D eigenvalue weighted by Crippen LogP contribution is 2.45. The number of halogens is 3. The van der Waals surface area contributed by atoms with Gasteiger partial charge in [0.05, 0.1) is 17.7 Å². The fourth-order valence-electron chi connectivity index (χ4n) is 7.31. The lowest BCUT2D eigenvalue weighted by molar-refractivity contribution is 0.107. The molecule has 2 aromatic carbocycles. The minimum absolute atomic E-state index is 0.0135. The highest BCUT2D eigenvalue weighted by atomic mass is 19.1. The van der Waals surface area contributed by atoms with Gasteiger partial charge in [0.15, 0.2) is 5.82 Å². The summed E-state index contributed by atoms with van der Waals surface area (Å²) in [6.45, 7) is 2.37. The third-order valence-corrected chi connectivity index (χ3v) is 9.44. The van der Waals surface area contributed by atoms with Crippen LogP contribution in [0.4, 0.5) is 19.0 Å². The van der Waals surface area contributed by atoms with E-state index >= 15 is 4.39 Å². The molecule has 0 unspecified atom stereocenters. The minimum Gasteiger partial charge on any atom is -0.508 e. The highest BCUT2D eigenvalue weighted by Gasteiger charge is 2.49. The molecule has 226 valence electrons. The number of aromatic hydroxyl groups is 1. The minimum atomic E-state index is -0.921. The van der Waals surface area contributed by atoms with Crippen LogP contribution in [0.3, 0.4) is 0 Å². The average Bonchev–Trinajstić information content (AvgIpc) is 3.69. The fourth-order valence-corrected chi connectivity index (χ4v) is 7.31. The van der Waals surface area contributed by atoms with Crippen LogP contribution in [0.15, 0.2) is 24.3 Å². The predicted molar refractivity (Wildman–Crippen MR) is 159 cm³/mol. The van der Waals surface area contributed by atoms with E-state index in [1.165, 1.54) is 24.3 Å². The molecular formula is C33H30F3N5O3. The summed E-state index contributed by atoms with van der Waals surface area (Å²) in [6.07, 6.45) is 9.56. The molecule has 2 aromatic heterocycles. The molecule has 3 aliphatic heterocycles. The summed E-state index contributed by atoms with van der Waals surface area (Å²) in [5.41, 5.74) is -0.662. The Balaban J connectivity index is 1.34. The number of hydrogen-bond donors (Lipinski definition) is 1. The van der Waals surface area contributed by atoms with E-state index in [-0.39, 0.29) is 58.0 Å². The lowest BCUT2D eigenvalue weighted by Gasteiger charge is -2.31. The number of benzene rings is 2. The first-order valence-corrected chi connectivity index (χ1v) is 15.1. The molecule has 5 heterocycles. The van der Waals surface area contributed by atoms with Crippen molar-refractivity contribution in [2.75, 3.05) is 37.7 Å². The molecule has 4 aliphatic rings. The molecular weight excluding hydrogens is 571 g/mol. The van der Waals surface area contributed by atoms with E-state index in [0.29, 0.717) is 49.1 Å². The van der Waals surface area contributed by atoms with Crippen molar-refractivity contribution in [3.05, 3.63) is 41.5 Å². The van der Waals surface area contributed by atoms with E-state index in [2.05, 4.69) is 25.7 Å². The first-order valence-electron chi connectivity index (χ1n) is 15.1. The van der Waals surface area contributed by atoms with Crippen molar-refractivity contribution in [3.63, 3.8) is 0 Å². The number of rotatable bonds is 5. The number of pyridine rings is 1. The van der Waals surface area contributed by atoms with Crippen molar-refractivity contribution in [2.45, 2.75) is 56.3 Å². The Kier molecular flexibility index (Phi) is 6.27. The first kappa shape index (κ1) is 27.3. The molecule has 2 atom stereocenters. The van der Waals surface area contributed by atoms with E-state index in [1.54, 1.807) is 0 Å². The van der Waals surface area contributed by atoms with Crippen LogP contribution in [0, 0.1) is 24.0 Å². The van der Waals surface area contributed by atoms with Gasteiger partial charge in [0.1, 0.15) is 46.8 Å². The summed E-state index contributed by atoms with van der Waals surface area (Å²) < 4.78 is 58.5. The fraction of sp³-hybridized carbons (Fsp3) is 0.424. The van der Waals surface area contributed by atoms with Crippen LogP contribution in [0.25, 0.3) is 32.9 Å². The lowest BCUT2D eigenvalue weighted by atomic mass is 9.95. The van der Waals surface area contributed by atoms with E-state index in [4.69, 9.17) is 20.9 Å². The number of phenols is 1. The molecule has 4 aromatic rings. The van der Waals surface area contributed by atoms with E-state index < -0.39 is 23.3 Å². The van der Waals surface area contributed by atoms with Crippen molar-refractivity contribution in [2.24, 2.45) is 0 Å². The van der Waals surface area contributed by atoms with Gasteiger partial charge in [0.2, 0.25) is 5.88 Å². The zero-order chi connectivity index (χ0) is 30.2. The van der Waals surface area contributed by atoms with Crippen molar-refractivity contribution in [3.8, 4) is 41.2 Å². The summed E-state index contributed by atoms with van der Waals surface area (Å²) in [7, 11) is 0. The van der Waals surface area contributed by atoms with Crippen LogP contribution in [-0.4, -0.2) is 75.6 Å². The van der Waals surface area contributed by atoms with Gasteiger partial charge in [-0.05, 0) is 62.2 Å². The number of aromatic nitrogens is 3. The smallest absolute Gasteiger partial charge is 0.319 e. The summed E-state index contributed by atoms with van der Waals surface area (Å²) in [4.78, 5) is 18.2. The molecule has 8 rings (SSSR count). The second kappa shape index (κ2) is 10.1. The summed E-state index contributed by atoms with van der Waals surface area (Å²) >= 11 is 0. The number of alkyl halides is 1. The quantitative estimate of drug-likeness (QED) is 0.300. The molecule has 3 fully saturated rings. The third-order valence-electron chi connectivity index (χ3n) is 9.44. The number of hydrogen-bond acceptors (Lipinski definition) is 8. The number of anilines is 1. The summed E-state index contributed by atoms with van der Waals surface area (Å²) in [5, 5.41) is 11.6. The molecule has 8 nitrogen and oxygen atoms in total. The van der Waals surface area contributed by atoms with Crippen molar-refractivity contribution >= 4 is 27.5 Å². The normalized spacial score (nSPS) is 23.3. The van der Waals surface area contributed by atoms with Gasteiger partial charge in [-0.2, -0.15) is 9.97 Å². The highest BCUT2D eigenvalue weighted by molar-refractivity contribution is 6.04. The Hall–Kier alpha value is -4.30. The summed E-state index contributed by atoms with van der Waals surface area (Å²) in [5.74, 6) is 1.36. The Morgan fingerprint density at radius 2 is 1.98 bits per heavy atom. The molecule has 44 heavy (non-hydrogen) atoms. The maximum Gasteiger partial charge on any atom is 0.319 e. The number of fused-ring (bicyclic) bond motifs is 2. The number of phenolic OH excluding ortho intramolecular Hbond substituents is 1. The van der Waals surface area contributed by atoms with Gasteiger partial charge in [0.25, 0.3) is 0 Å². The Morgan fingerprint density at radius 1 is 1.11 bits per heavy atom. The molecule has 1 saturated carbocycles. The zero-order valence-electron chi connectivity index (χ0n) is 24.0. The topological polar surface area (TPSA) is 83.8 Å². The maximum absolute atomic E-state index is 16.9. The largest absolute Gasteiger partial charge is 0.508 e. The van der Waals surface area contributed by atoms with Gasteiger partial charge in [-0.1, -0.05) is 12.0 Å². The van der Waals surface area contributed by atoms with Gasteiger partial charge in [-0.25, -0.2) is 18.2 Å². The van der Waals surface area contributed by atoms with Crippen LogP contribution in [0.2, 0.25) is 0 Å². The van der Waals surface area contributed by atoms with Crippen molar-refractivity contribution < 1.29 is 27.8 Å². The number of ether oxygens (including phenoxy) is 2. The van der Waals surface area contributed by atoms with Gasteiger partial charge >= 0.3 is 6.01 Å². The maximum atomic E-state index is 16.9. The SMILES string of the molecule is C#Cc1c(F)ccc2cc(O)cc(-c3nc4c5c(nc(OC[C@@]67CCCN6C[C@H](F)C7)nc5c3F)N(C3CC3)CCCO4)c12. The second-order valence-electron chi connectivity index (χ2n) is 12.3. The Labute approximate surface area is 251 Å². The second-order valence-corrected chi connectivity index (χ2v) is 12.3. The van der Waals surface area contributed by atoms with E-state index in [9.17, 15) is 13.9 Å². The first-order chi connectivity index (χ1) is 21.3. The molecule has 0 bridgehead atoms. The van der Waals surface area contributed by atoms with Crippen molar-refractivity contribution in [1.82, 2.24) is 19.9 Å². The van der Waals surface area contributed by atoms with Crippen LogP contribution in [0.1, 0.15) is 44.1 Å². The van der Waals surface area contributed by atoms with E-state index in [0.717, 1.165) is 32.2 Å². The molecule has 0 amide bonds. The van der Waals surface area contributed by atoms with Crippen LogP contribution in [-0.2, 0) is 0 Å². The van der Waals surface area contributed by atoms with Crippen molar-refractivity contribution in [1.29, 1.82) is 0 Å². The lowest BCUT2D eigenvalue weighted by Crippen LogP contribution is -2.43.